The van der Waals surface area contributed by atoms with Gasteiger partial charge in [0.05, 0.1) is 16.5 Å². The molecule has 1 N–H and O–H groups in total. The summed E-state index contributed by atoms with van der Waals surface area (Å²) in [6.45, 7) is 0. The summed E-state index contributed by atoms with van der Waals surface area (Å²) in [7, 11) is 1.76. The van der Waals surface area contributed by atoms with Crippen LogP contribution in [0.3, 0.4) is 0 Å². The summed E-state index contributed by atoms with van der Waals surface area (Å²) in [6, 6.07) is 11.2. The lowest BCUT2D eigenvalue weighted by Crippen LogP contribution is -2.28. The van der Waals surface area contributed by atoms with Crippen molar-refractivity contribution in [1.82, 2.24) is 14.3 Å². The van der Waals surface area contributed by atoms with Crippen LogP contribution in [0.2, 0.25) is 0 Å². The van der Waals surface area contributed by atoms with Crippen molar-refractivity contribution in [2.24, 2.45) is 7.05 Å². The largest absolute Gasteiger partial charge is 0.478 e. The average Bonchev–Trinajstić information content (AvgIpc) is 3.34. The summed E-state index contributed by atoms with van der Waals surface area (Å²) in [5.41, 5.74) is 0.759. The quantitative estimate of drug-likeness (QED) is 0.538. The molecule has 5 nitrogen and oxygen atoms in total. The van der Waals surface area contributed by atoms with E-state index in [-0.39, 0.29) is 24.0 Å². The predicted octanol–water partition coefficient (Wildman–Crippen LogP) is 4.81. The minimum absolute atomic E-state index is 0.116. The monoisotopic (exact) mass is 399 g/mol. The van der Waals surface area contributed by atoms with Crippen molar-refractivity contribution in [3.63, 3.8) is 0 Å². The van der Waals surface area contributed by atoms with Crippen LogP contribution in [0.4, 0.5) is 13.2 Å². The minimum atomic E-state index is -4.25. The smallest absolute Gasteiger partial charge is 0.398 e. The zero-order chi connectivity index (χ0) is 20.6. The van der Waals surface area contributed by atoms with Gasteiger partial charge < -0.3 is 5.11 Å². The molecule has 1 saturated carbocycles. The molecule has 0 radical (unpaired) electrons. The van der Waals surface area contributed by atoms with E-state index in [4.69, 9.17) is 0 Å². The maximum atomic E-state index is 13.4. The first-order valence-corrected chi connectivity index (χ1v) is 9.10. The number of carboxylic acid groups (broad SMARTS) is 1. The first-order valence-electron chi connectivity index (χ1n) is 9.10. The molecule has 2 aromatic carbocycles. The molecule has 0 unspecified atom stereocenters. The van der Waals surface area contributed by atoms with Crippen molar-refractivity contribution in [2.75, 3.05) is 0 Å². The van der Waals surface area contributed by atoms with Crippen LogP contribution in [0.25, 0.3) is 27.6 Å². The van der Waals surface area contributed by atoms with Gasteiger partial charge in [0.15, 0.2) is 5.65 Å². The topological polar surface area (TPSA) is 60.1 Å². The molecule has 0 aliphatic heterocycles. The molecule has 29 heavy (non-hydrogen) atoms. The van der Waals surface area contributed by atoms with Gasteiger partial charge in [0, 0.05) is 29.7 Å². The normalized spacial score (nSPS) is 15.9. The Hall–Kier alpha value is -3.29. The third-order valence-corrected chi connectivity index (χ3v) is 5.77. The molecule has 0 saturated heterocycles. The van der Waals surface area contributed by atoms with Gasteiger partial charge in [-0.25, -0.2) is 4.79 Å². The molecule has 8 heteroatoms. The maximum Gasteiger partial charge on any atom is 0.398 e. The Morgan fingerprint density at radius 3 is 2.38 bits per heavy atom. The number of alkyl halides is 3. The molecule has 2 aromatic heterocycles. The van der Waals surface area contributed by atoms with Gasteiger partial charge in [-0.2, -0.15) is 18.3 Å². The summed E-state index contributed by atoms with van der Waals surface area (Å²) in [5.74, 6) is -1.03. The number of nitrogens with zero attached hydrogens (tertiary/aromatic N) is 3. The van der Waals surface area contributed by atoms with Gasteiger partial charge in [-0.15, -0.1) is 0 Å². The minimum Gasteiger partial charge on any atom is -0.478 e. The fourth-order valence-electron chi connectivity index (χ4n) is 4.08. The van der Waals surface area contributed by atoms with Crippen LogP contribution in [-0.2, 0) is 12.5 Å². The molecule has 5 rings (SSSR count). The van der Waals surface area contributed by atoms with Crippen molar-refractivity contribution in [1.29, 1.82) is 0 Å². The van der Waals surface area contributed by atoms with Gasteiger partial charge in [-0.05, 0) is 48.7 Å². The maximum absolute atomic E-state index is 13.4. The number of carbonyl (C=O) groups is 1. The van der Waals surface area contributed by atoms with E-state index in [1.807, 2.05) is 4.57 Å². The summed E-state index contributed by atoms with van der Waals surface area (Å²) in [5, 5.41) is 15.3. The average molecular weight is 399 g/mol. The third kappa shape index (κ3) is 2.48. The Morgan fingerprint density at radius 1 is 1.10 bits per heavy atom. The highest BCUT2D eigenvalue weighted by atomic mass is 19.4. The van der Waals surface area contributed by atoms with Crippen LogP contribution in [0.1, 0.15) is 28.8 Å². The number of fused-ring (bicyclic) bond motifs is 3. The number of aromatic nitrogens is 3. The number of aryl methyl sites for hydroxylation is 1. The molecular formula is C21H16F3N3O2. The van der Waals surface area contributed by atoms with Crippen LogP contribution in [0, 0.1) is 0 Å². The molecule has 0 amide bonds. The Balaban J connectivity index is 1.69. The number of benzene rings is 2. The van der Waals surface area contributed by atoms with Crippen LogP contribution in [0.15, 0.2) is 48.7 Å². The highest BCUT2D eigenvalue weighted by molar-refractivity contribution is 6.09. The van der Waals surface area contributed by atoms with E-state index in [9.17, 15) is 23.1 Å². The number of hydrogen-bond donors (Lipinski definition) is 1. The van der Waals surface area contributed by atoms with Crippen LogP contribution in [-0.4, -0.2) is 31.6 Å². The second-order valence-electron chi connectivity index (χ2n) is 7.54. The van der Waals surface area contributed by atoms with Crippen molar-refractivity contribution < 1.29 is 23.1 Å². The summed E-state index contributed by atoms with van der Waals surface area (Å²) in [4.78, 5) is 11.4. The SMILES string of the molecule is Cn1cc2c3cc(C(=O)O)ccc3n(-c3ccc(C4(C(F)(F)F)CC4)cc3)c2n1. The lowest BCUT2D eigenvalue weighted by Gasteiger charge is -2.20. The lowest BCUT2D eigenvalue weighted by atomic mass is 9.95. The number of halogens is 3. The highest BCUT2D eigenvalue weighted by Gasteiger charge is 2.64. The van der Waals surface area contributed by atoms with Crippen molar-refractivity contribution >= 4 is 27.9 Å². The van der Waals surface area contributed by atoms with Gasteiger partial charge in [0.2, 0.25) is 0 Å². The van der Waals surface area contributed by atoms with Gasteiger partial charge in [0.25, 0.3) is 0 Å². The summed E-state index contributed by atoms with van der Waals surface area (Å²) >= 11 is 0. The predicted molar refractivity (Wildman–Crippen MR) is 101 cm³/mol. The fourth-order valence-corrected chi connectivity index (χ4v) is 4.08. The zero-order valence-corrected chi connectivity index (χ0v) is 15.4. The Labute approximate surface area is 163 Å². The van der Waals surface area contributed by atoms with Crippen LogP contribution in [0.5, 0.6) is 0 Å². The van der Waals surface area contributed by atoms with E-state index in [0.29, 0.717) is 11.3 Å². The molecule has 4 aromatic rings. The molecular weight excluding hydrogens is 383 g/mol. The highest BCUT2D eigenvalue weighted by Crippen LogP contribution is 2.58. The summed E-state index contributed by atoms with van der Waals surface area (Å²) < 4.78 is 43.7. The van der Waals surface area contributed by atoms with Crippen LogP contribution < -0.4 is 0 Å². The molecule has 0 bridgehead atoms. The Kier molecular flexibility index (Phi) is 3.45. The molecule has 148 valence electrons. The third-order valence-electron chi connectivity index (χ3n) is 5.77. The second kappa shape index (κ2) is 5.62. The van der Waals surface area contributed by atoms with Crippen molar-refractivity contribution in [2.45, 2.75) is 24.4 Å². The van der Waals surface area contributed by atoms with Crippen molar-refractivity contribution in [3.8, 4) is 5.69 Å². The van der Waals surface area contributed by atoms with Crippen LogP contribution >= 0.6 is 0 Å². The number of hydrogen-bond acceptors (Lipinski definition) is 2. The van der Waals surface area contributed by atoms with E-state index in [1.165, 1.54) is 18.2 Å². The standard InChI is InChI=1S/C21H16F3N3O2/c1-26-11-16-15-10-12(19(28)29)2-7-17(15)27(18(16)25-26)14-5-3-13(4-6-14)20(8-9-20)21(22,23)24/h2-7,10-11H,8-9H2,1H3,(H,28,29). The van der Waals surface area contributed by atoms with E-state index in [1.54, 1.807) is 42.2 Å². The van der Waals surface area contributed by atoms with E-state index < -0.39 is 17.6 Å². The first-order chi connectivity index (χ1) is 13.7. The fraction of sp³-hybridized carbons (Fsp3) is 0.238. The Morgan fingerprint density at radius 2 is 1.79 bits per heavy atom. The molecule has 1 aliphatic carbocycles. The van der Waals surface area contributed by atoms with Gasteiger partial charge >= 0.3 is 12.1 Å². The van der Waals surface area contributed by atoms with Crippen molar-refractivity contribution in [3.05, 3.63) is 59.8 Å². The Bertz CT molecular complexity index is 1280. The van der Waals surface area contributed by atoms with E-state index in [0.717, 1.165) is 16.3 Å². The van der Waals surface area contributed by atoms with Gasteiger partial charge in [0.1, 0.15) is 0 Å². The number of rotatable bonds is 3. The zero-order valence-electron chi connectivity index (χ0n) is 15.4. The molecule has 2 heterocycles. The molecule has 0 atom stereocenters. The van der Waals surface area contributed by atoms with Gasteiger partial charge in [-0.1, -0.05) is 12.1 Å². The van der Waals surface area contributed by atoms with Gasteiger partial charge in [-0.3, -0.25) is 9.25 Å². The second-order valence-corrected chi connectivity index (χ2v) is 7.54. The summed E-state index contributed by atoms with van der Waals surface area (Å²) in [6.07, 6.45) is -2.22. The molecule has 1 fully saturated rings. The molecule has 0 spiro atoms. The van der Waals surface area contributed by atoms with E-state index >= 15 is 0 Å². The lowest BCUT2D eigenvalue weighted by molar-refractivity contribution is -0.160. The number of aromatic carboxylic acids is 1. The first kappa shape index (κ1) is 17.8. The molecule has 1 aliphatic rings. The van der Waals surface area contributed by atoms with E-state index in [2.05, 4.69) is 5.10 Å². The number of carboxylic acids is 1.